The maximum atomic E-state index is 10.6. The molecule has 2 atom stereocenters. The Kier molecular flexibility index (Phi) is 5.72. The quantitative estimate of drug-likeness (QED) is 0.719. The van der Waals surface area contributed by atoms with Crippen molar-refractivity contribution in [3.05, 3.63) is 0 Å². The van der Waals surface area contributed by atoms with Crippen LogP contribution < -0.4 is 0 Å². The molecule has 2 aliphatic rings. The van der Waals surface area contributed by atoms with Crippen LogP contribution in [-0.4, -0.2) is 11.6 Å². The van der Waals surface area contributed by atoms with Gasteiger partial charge < -0.3 is 0 Å². The molecule has 0 saturated heterocycles. The van der Waals surface area contributed by atoms with Crippen LogP contribution in [0, 0.1) is 11.8 Å². The Labute approximate surface area is 98.8 Å². The third kappa shape index (κ3) is 4.46. The highest BCUT2D eigenvalue weighted by atomic mass is 16.1. The molecule has 0 aromatic rings. The van der Waals surface area contributed by atoms with Gasteiger partial charge in [-0.05, 0) is 24.7 Å². The molecule has 2 aliphatic carbocycles. The van der Waals surface area contributed by atoms with Gasteiger partial charge in [0.25, 0.3) is 0 Å². The summed E-state index contributed by atoms with van der Waals surface area (Å²) in [6, 6.07) is 0. The first-order valence-corrected chi connectivity index (χ1v) is 6.69. The van der Waals surface area contributed by atoms with Crippen molar-refractivity contribution in [3.8, 4) is 0 Å². The number of hydrogen-bond donors (Lipinski definition) is 0. The summed E-state index contributed by atoms with van der Waals surface area (Å²) in [5, 5.41) is 0. The zero-order chi connectivity index (χ0) is 12.0. The van der Waals surface area contributed by atoms with Gasteiger partial charge in [-0.3, -0.25) is 9.59 Å². The highest BCUT2D eigenvalue weighted by Crippen LogP contribution is 2.24. The van der Waals surface area contributed by atoms with Crippen molar-refractivity contribution >= 4 is 11.6 Å². The van der Waals surface area contributed by atoms with Crippen molar-refractivity contribution in [1.29, 1.82) is 0 Å². The molecule has 2 heteroatoms. The van der Waals surface area contributed by atoms with Crippen molar-refractivity contribution in [2.45, 2.75) is 65.2 Å². The van der Waals surface area contributed by atoms with E-state index in [0.717, 1.165) is 50.4 Å². The summed E-state index contributed by atoms with van der Waals surface area (Å²) in [5.41, 5.74) is 0. The Morgan fingerprint density at radius 3 is 1.38 bits per heavy atom. The normalized spacial score (nSPS) is 29.1. The molecule has 0 aromatic carbocycles. The molecule has 0 heterocycles. The van der Waals surface area contributed by atoms with Crippen LogP contribution in [0.4, 0.5) is 0 Å². The van der Waals surface area contributed by atoms with Gasteiger partial charge in [0.05, 0.1) is 0 Å². The van der Waals surface area contributed by atoms with E-state index in [1.165, 1.54) is 12.8 Å². The zero-order valence-electron chi connectivity index (χ0n) is 10.6. The van der Waals surface area contributed by atoms with Crippen LogP contribution in [0.1, 0.15) is 65.2 Å². The van der Waals surface area contributed by atoms with Crippen LogP contribution >= 0.6 is 0 Å². The zero-order valence-corrected chi connectivity index (χ0v) is 10.6. The molecule has 0 radical (unpaired) electrons. The third-order valence-electron chi connectivity index (χ3n) is 3.85. The van der Waals surface area contributed by atoms with E-state index in [-0.39, 0.29) is 0 Å². The fraction of sp³-hybridized carbons (Fsp3) is 0.857. The topological polar surface area (TPSA) is 34.1 Å². The van der Waals surface area contributed by atoms with Gasteiger partial charge in [0.1, 0.15) is 11.6 Å². The second-order valence-corrected chi connectivity index (χ2v) is 5.11. The molecule has 0 spiro atoms. The smallest absolute Gasteiger partial charge is 0.133 e. The summed E-state index contributed by atoms with van der Waals surface area (Å²) in [5.74, 6) is 2.39. The first-order valence-electron chi connectivity index (χ1n) is 6.69. The van der Waals surface area contributed by atoms with E-state index in [9.17, 15) is 9.59 Å². The van der Waals surface area contributed by atoms with Crippen LogP contribution in [0.25, 0.3) is 0 Å². The van der Waals surface area contributed by atoms with Crippen LogP contribution in [-0.2, 0) is 9.59 Å². The van der Waals surface area contributed by atoms with Gasteiger partial charge in [0, 0.05) is 25.7 Å². The summed E-state index contributed by atoms with van der Waals surface area (Å²) in [4.78, 5) is 21.2. The van der Waals surface area contributed by atoms with E-state index >= 15 is 0 Å². The lowest BCUT2D eigenvalue weighted by atomic mass is 10.1. The first-order chi connectivity index (χ1) is 7.65. The number of hydrogen-bond acceptors (Lipinski definition) is 2. The molecule has 0 aliphatic heterocycles. The fourth-order valence-electron chi connectivity index (χ4n) is 2.48. The molecule has 2 saturated carbocycles. The van der Waals surface area contributed by atoms with Gasteiger partial charge in [0.15, 0.2) is 0 Å². The lowest BCUT2D eigenvalue weighted by molar-refractivity contribution is -0.118. The highest BCUT2D eigenvalue weighted by Gasteiger charge is 2.20. The predicted molar refractivity (Wildman–Crippen MR) is 65.3 cm³/mol. The van der Waals surface area contributed by atoms with Gasteiger partial charge >= 0.3 is 0 Å². The Bertz CT molecular complexity index is 219. The van der Waals surface area contributed by atoms with E-state index in [0.29, 0.717) is 11.6 Å². The average molecular weight is 224 g/mol. The van der Waals surface area contributed by atoms with Gasteiger partial charge in [-0.1, -0.05) is 26.7 Å². The van der Waals surface area contributed by atoms with E-state index < -0.39 is 0 Å². The standard InChI is InChI=1S/2C7H12O/c2*1-2-6-3-4-7(8)5-6/h2*6H,2-5H2,1H3/t2*6-/m11/s1. The second-order valence-electron chi connectivity index (χ2n) is 5.11. The lowest BCUT2D eigenvalue weighted by Gasteiger charge is -1.98. The van der Waals surface area contributed by atoms with Gasteiger partial charge in [-0.2, -0.15) is 0 Å². The van der Waals surface area contributed by atoms with E-state index in [4.69, 9.17) is 0 Å². The number of carbonyl (C=O) groups excluding carboxylic acids is 2. The van der Waals surface area contributed by atoms with E-state index in [1.807, 2.05) is 0 Å². The molecule has 2 rings (SSSR count). The monoisotopic (exact) mass is 224 g/mol. The van der Waals surface area contributed by atoms with Crippen LogP contribution in [0.15, 0.2) is 0 Å². The maximum absolute atomic E-state index is 10.6. The maximum Gasteiger partial charge on any atom is 0.133 e. The molecular formula is C14H24O2. The molecule has 16 heavy (non-hydrogen) atoms. The number of rotatable bonds is 2. The predicted octanol–water partition coefficient (Wildman–Crippen LogP) is 3.53. The molecule has 0 amide bonds. The molecule has 2 fully saturated rings. The molecule has 0 bridgehead atoms. The van der Waals surface area contributed by atoms with Crippen molar-refractivity contribution in [1.82, 2.24) is 0 Å². The molecule has 0 N–H and O–H groups in total. The Morgan fingerprint density at radius 2 is 1.25 bits per heavy atom. The number of Topliss-reactive ketones (excluding diaryl/α,β-unsaturated/α-hetero) is 2. The van der Waals surface area contributed by atoms with E-state index in [1.54, 1.807) is 0 Å². The Balaban J connectivity index is 0.000000160. The largest absolute Gasteiger partial charge is 0.300 e. The second kappa shape index (κ2) is 6.82. The van der Waals surface area contributed by atoms with Gasteiger partial charge in [-0.15, -0.1) is 0 Å². The Hall–Kier alpha value is -0.660. The summed E-state index contributed by atoms with van der Waals surface area (Å²) in [6.07, 6.45) is 8.08. The molecule has 0 aromatic heterocycles. The van der Waals surface area contributed by atoms with Crippen molar-refractivity contribution in [2.24, 2.45) is 11.8 Å². The van der Waals surface area contributed by atoms with Crippen molar-refractivity contribution < 1.29 is 9.59 Å². The molecule has 0 unspecified atom stereocenters. The number of carbonyl (C=O) groups is 2. The van der Waals surface area contributed by atoms with Gasteiger partial charge in [-0.25, -0.2) is 0 Å². The van der Waals surface area contributed by atoms with Crippen LogP contribution in [0.2, 0.25) is 0 Å². The minimum absolute atomic E-state index is 0.469. The number of ketones is 2. The third-order valence-corrected chi connectivity index (χ3v) is 3.85. The molecular weight excluding hydrogens is 200 g/mol. The first kappa shape index (κ1) is 13.4. The minimum Gasteiger partial charge on any atom is -0.300 e. The summed E-state index contributed by atoms with van der Waals surface area (Å²) in [7, 11) is 0. The SMILES string of the molecule is CC[C@@H]1CCC(=O)C1.CC[C@@H]1CCC(=O)C1. The average Bonchev–Trinajstić information content (AvgIpc) is 2.88. The van der Waals surface area contributed by atoms with Crippen LogP contribution in [0.3, 0.4) is 0 Å². The lowest BCUT2D eigenvalue weighted by Crippen LogP contribution is -1.91. The molecule has 92 valence electrons. The summed E-state index contributed by atoms with van der Waals surface area (Å²) in [6.45, 7) is 4.31. The van der Waals surface area contributed by atoms with E-state index in [2.05, 4.69) is 13.8 Å². The van der Waals surface area contributed by atoms with Crippen molar-refractivity contribution in [3.63, 3.8) is 0 Å². The van der Waals surface area contributed by atoms with Crippen LogP contribution in [0.5, 0.6) is 0 Å². The fourth-order valence-corrected chi connectivity index (χ4v) is 2.48. The highest BCUT2D eigenvalue weighted by molar-refractivity contribution is 5.80. The van der Waals surface area contributed by atoms with Gasteiger partial charge in [0.2, 0.25) is 0 Å². The Morgan fingerprint density at radius 1 is 0.875 bits per heavy atom. The summed E-state index contributed by atoms with van der Waals surface area (Å²) >= 11 is 0. The molecule has 2 nitrogen and oxygen atoms in total. The summed E-state index contributed by atoms with van der Waals surface area (Å²) < 4.78 is 0. The van der Waals surface area contributed by atoms with Crippen molar-refractivity contribution in [2.75, 3.05) is 0 Å². The minimum atomic E-state index is 0.469.